The summed E-state index contributed by atoms with van der Waals surface area (Å²) in [7, 11) is 0. The fourth-order valence-corrected chi connectivity index (χ4v) is 2.19. The minimum absolute atomic E-state index is 0.699. The molecule has 106 valence electrons. The Morgan fingerprint density at radius 2 is 2.00 bits per heavy atom. The Morgan fingerprint density at radius 3 is 2.71 bits per heavy atom. The fraction of sp³-hybridized carbons (Fsp3) is 0.143. The molecule has 0 amide bonds. The van der Waals surface area contributed by atoms with Crippen molar-refractivity contribution < 1.29 is 0 Å². The van der Waals surface area contributed by atoms with E-state index >= 15 is 0 Å². The SMILES string of the molecule is CSc1cncc(NCc2ccc(-n3cncn3)cc2)n1. The standard InChI is InChI=1S/C14H14N6S/c1-21-14-8-15-7-13(19-14)17-6-11-2-4-12(5-3-11)20-10-16-9-18-20/h2-5,7-10H,6H2,1H3,(H,17,19). The topological polar surface area (TPSA) is 68.5 Å². The summed E-state index contributed by atoms with van der Waals surface area (Å²) < 4.78 is 1.73. The third-order valence-electron chi connectivity index (χ3n) is 2.91. The van der Waals surface area contributed by atoms with Crippen LogP contribution >= 0.6 is 11.8 Å². The highest BCUT2D eigenvalue weighted by molar-refractivity contribution is 7.98. The molecule has 0 spiro atoms. The van der Waals surface area contributed by atoms with Gasteiger partial charge in [-0.05, 0) is 24.0 Å². The Hall–Kier alpha value is -2.41. The van der Waals surface area contributed by atoms with E-state index in [9.17, 15) is 0 Å². The number of nitrogens with zero attached hydrogens (tertiary/aromatic N) is 5. The first kappa shape index (κ1) is 13.6. The van der Waals surface area contributed by atoms with Crippen LogP contribution in [0.1, 0.15) is 5.56 Å². The highest BCUT2D eigenvalue weighted by atomic mass is 32.2. The number of hydrogen-bond acceptors (Lipinski definition) is 6. The molecule has 1 N–H and O–H groups in total. The van der Waals surface area contributed by atoms with E-state index in [1.54, 1.807) is 35.2 Å². The first-order valence-corrected chi connectivity index (χ1v) is 7.61. The Labute approximate surface area is 126 Å². The van der Waals surface area contributed by atoms with E-state index in [-0.39, 0.29) is 0 Å². The van der Waals surface area contributed by atoms with Crippen molar-refractivity contribution >= 4 is 17.6 Å². The van der Waals surface area contributed by atoms with E-state index in [1.807, 2.05) is 18.4 Å². The molecule has 2 aromatic heterocycles. The van der Waals surface area contributed by atoms with Gasteiger partial charge in [-0.1, -0.05) is 12.1 Å². The van der Waals surface area contributed by atoms with Crippen molar-refractivity contribution in [3.63, 3.8) is 0 Å². The molecule has 2 heterocycles. The number of rotatable bonds is 5. The molecule has 0 unspecified atom stereocenters. The van der Waals surface area contributed by atoms with Gasteiger partial charge in [0.25, 0.3) is 0 Å². The predicted molar refractivity (Wildman–Crippen MR) is 82.5 cm³/mol. The summed E-state index contributed by atoms with van der Waals surface area (Å²) in [5.74, 6) is 0.780. The van der Waals surface area contributed by atoms with Crippen LogP contribution in [0.15, 0.2) is 54.3 Å². The minimum atomic E-state index is 0.699. The molecule has 1 aromatic carbocycles. The van der Waals surface area contributed by atoms with Gasteiger partial charge < -0.3 is 5.32 Å². The van der Waals surface area contributed by atoms with Crippen LogP contribution in [0.4, 0.5) is 5.82 Å². The molecule has 0 bridgehead atoms. The molecule has 0 aliphatic heterocycles. The molecule has 0 saturated carbocycles. The smallest absolute Gasteiger partial charge is 0.146 e. The predicted octanol–water partition coefficient (Wildman–Crippen LogP) is 2.39. The monoisotopic (exact) mass is 298 g/mol. The summed E-state index contributed by atoms with van der Waals surface area (Å²) in [5, 5.41) is 8.27. The molecule has 0 atom stereocenters. The molecule has 21 heavy (non-hydrogen) atoms. The van der Waals surface area contributed by atoms with Crippen molar-refractivity contribution in [2.24, 2.45) is 0 Å². The van der Waals surface area contributed by atoms with Gasteiger partial charge in [-0.3, -0.25) is 4.98 Å². The lowest BCUT2D eigenvalue weighted by Gasteiger charge is -2.07. The van der Waals surface area contributed by atoms with Gasteiger partial charge in [-0.15, -0.1) is 11.8 Å². The van der Waals surface area contributed by atoms with E-state index in [0.717, 1.165) is 22.1 Å². The average molecular weight is 298 g/mol. The molecular weight excluding hydrogens is 284 g/mol. The molecule has 0 aliphatic rings. The van der Waals surface area contributed by atoms with Gasteiger partial charge in [0, 0.05) is 6.54 Å². The zero-order chi connectivity index (χ0) is 14.5. The molecule has 0 aliphatic carbocycles. The van der Waals surface area contributed by atoms with Crippen LogP contribution in [0.2, 0.25) is 0 Å². The van der Waals surface area contributed by atoms with Crippen molar-refractivity contribution in [3.8, 4) is 5.69 Å². The van der Waals surface area contributed by atoms with Gasteiger partial charge in [0.1, 0.15) is 23.5 Å². The lowest BCUT2D eigenvalue weighted by Crippen LogP contribution is -2.03. The molecule has 0 fully saturated rings. The van der Waals surface area contributed by atoms with Crippen LogP contribution in [0.25, 0.3) is 5.69 Å². The Kier molecular flexibility index (Phi) is 4.11. The highest BCUT2D eigenvalue weighted by Gasteiger charge is 2.00. The van der Waals surface area contributed by atoms with Gasteiger partial charge in [-0.25, -0.2) is 14.6 Å². The quantitative estimate of drug-likeness (QED) is 0.729. The number of aromatic nitrogens is 5. The third kappa shape index (κ3) is 3.38. The third-order valence-corrected chi connectivity index (χ3v) is 3.53. The summed E-state index contributed by atoms with van der Waals surface area (Å²) in [5.41, 5.74) is 2.15. The number of benzene rings is 1. The molecule has 7 heteroatoms. The second-order valence-electron chi connectivity index (χ2n) is 4.31. The first-order valence-electron chi connectivity index (χ1n) is 6.39. The van der Waals surface area contributed by atoms with E-state index in [4.69, 9.17) is 0 Å². The zero-order valence-electron chi connectivity index (χ0n) is 11.5. The molecule has 0 radical (unpaired) electrons. The molecule has 0 saturated heterocycles. The van der Waals surface area contributed by atoms with Crippen LogP contribution in [0.3, 0.4) is 0 Å². The maximum atomic E-state index is 4.43. The second kappa shape index (κ2) is 6.36. The lowest BCUT2D eigenvalue weighted by molar-refractivity contribution is 0.877. The number of thioether (sulfide) groups is 1. The Morgan fingerprint density at radius 1 is 1.14 bits per heavy atom. The number of nitrogens with one attached hydrogen (secondary N) is 1. The zero-order valence-corrected chi connectivity index (χ0v) is 12.3. The van der Waals surface area contributed by atoms with Crippen LogP contribution in [0, 0.1) is 0 Å². The van der Waals surface area contributed by atoms with Crippen molar-refractivity contribution in [2.45, 2.75) is 11.6 Å². The van der Waals surface area contributed by atoms with E-state index in [0.29, 0.717) is 6.54 Å². The van der Waals surface area contributed by atoms with Crippen LogP contribution < -0.4 is 5.32 Å². The first-order chi connectivity index (χ1) is 10.3. The van der Waals surface area contributed by atoms with Crippen LogP contribution in [0.5, 0.6) is 0 Å². The molecular formula is C14H14N6S. The average Bonchev–Trinajstić information content (AvgIpc) is 3.08. The van der Waals surface area contributed by atoms with Gasteiger partial charge in [0.05, 0.1) is 18.1 Å². The summed E-state index contributed by atoms with van der Waals surface area (Å²) >= 11 is 1.58. The van der Waals surface area contributed by atoms with E-state index in [1.165, 1.54) is 6.33 Å². The number of anilines is 1. The van der Waals surface area contributed by atoms with Crippen molar-refractivity contribution in [2.75, 3.05) is 11.6 Å². The van der Waals surface area contributed by atoms with Crippen LogP contribution in [-0.2, 0) is 6.54 Å². The largest absolute Gasteiger partial charge is 0.365 e. The van der Waals surface area contributed by atoms with E-state index < -0.39 is 0 Å². The van der Waals surface area contributed by atoms with Crippen molar-refractivity contribution in [1.82, 2.24) is 24.7 Å². The van der Waals surface area contributed by atoms with E-state index in [2.05, 4.69) is 37.5 Å². The second-order valence-corrected chi connectivity index (χ2v) is 5.13. The highest BCUT2D eigenvalue weighted by Crippen LogP contribution is 2.13. The van der Waals surface area contributed by atoms with Gasteiger partial charge in [-0.2, -0.15) is 5.10 Å². The maximum Gasteiger partial charge on any atom is 0.146 e. The fourth-order valence-electron chi connectivity index (χ4n) is 1.83. The van der Waals surface area contributed by atoms with Gasteiger partial charge in [0.15, 0.2) is 0 Å². The maximum absolute atomic E-state index is 4.43. The van der Waals surface area contributed by atoms with Crippen molar-refractivity contribution in [1.29, 1.82) is 0 Å². The molecule has 6 nitrogen and oxygen atoms in total. The minimum Gasteiger partial charge on any atom is -0.365 e. The van der Waals surface area contributed by atoms with Crippen molar-refractivity contribution in [3.05, 3.63) is 54.9 Å². The van der Waals surface area contributed by atoms with Gasteiger partial charge in [0.2, 0.25) is 0 Å². The lowest BCUT2D eigenvalue weighted by atomic mass is 10.2. The molecule has 3 rings (SSSR count). The van der Waals surface area contributed by atoms with Crippen LogP contribution in [-0.4, -0.2) is 31.0 Å². The number of hydrogen-bond donors (Lipinski definition) is 1. The summed E-state index contributed by atoms with van der Waals surface area (Å²) in [6, 6.07) is 8.12. The summed E-state index contributed by atoms with van der Waals surface area (Å²) in [6.45, 7) is 0.699. The van der Waals surface area contributed by atoms with Gasteiger partial charge >= 0.3 is 0 Å². The normalized spacial score (nSPS) is 10.5. The summed E-state index contributed by atoms with van der Waals surface area (Å²) in [4.78, 5) is 12.5. The Bertz CT molecular complexity index is 696. The molecule has 3 aromatic rings. The Balaban J connectivity index is 1.65. The summed E-state index contributed by atoms with van der Waals surface area (Å²) in [6.07, 6.45) is 8.66.